The number of carbonyl (C=O) groups is 1. The van der Waals surface area contributed by atoms with Gasteiger partial charge in [0.1, 0.15) is 30.6 Å². The lowest BCUT2D eigenvalue weighted by atomic mass is 10.1. The molecule has 17 heteroatoms. The first kappa shape index (κ1) is 30.6. The normalized spacial score (nSPS) is 24.7. The van der Waals surface area contributed by atoms with E-state index in [4.69, 9.17) is 29.0 Å². The molecule has 224 valence electrons. The van der Waals surface area contributed by atoms with Crippen LogP contribution in [0.15, 0.2) is 36.7 Å². The molecule has 5 N–H and O–H groups in total. The van der Waals surface area contributed by atoms with Crippen molar-refractivity contribution in [2.75, 3.05) is 18.9 Å². The number of aromatic nitrogens is 4. The fourth-order valence-corrected chi connectivity index (χ4v) is 5.43. The summed E-state index contributed by atoms with van der Waals surface area (Å²) in [7, 11) is -4.51. The van der Waals surface area contributed by atoms with Crippen LogP contribution in [0, 0.1) is 0 Å². The molecule has 1 aliphatic heterocycles. The summed E-state index contributed by atoms with van der Waals surface area (Å²) in [6.45, 7) is 5.42. The quantitative estimate of drug-likeness (QED) is 0.174. The number of nitrogens with one attached hydrogen (secondary N) is 1. The Balaban J connectivity index is 1.57. The van der Waals surface area contributed by atoms with Gasteiger partial charge in [0.15, 0.2) is 17.4 Å². The van der Waals surface area contributed by atoms with Gasteiger partial charge in [0.05, 0.1) is 19.0 Å². The predicted molar refractivity (Wildman–Crippen MR) is 141 cm³/mol. The minimum Gasteiger partial charge on any atom is -0.476 e. The Morgan fingerprint density at radius 3 is 2.63 bits per heavy atom. The Morgan fingerprint density at radius 1 is 1.27 bits per heavy atom. The van der Waals surface area contributed by atoms with Crippen molar-refractivity contribution in [1.29, 1.82) is 0 Å². The lowest BCUT2D eigenvalue weighted by Crippen LogP contribution is -2.44. The fourth-order valence-electron chi connectivity index (χ4n) is 3.93. The number of imidazole rings is 1. The van der Waals surface area contributed by atoms with Crippen LogP contribution in [0.5, 0.6) is 11.6 Å². The molecule has 0 saturated carbocycles. The van der Waals surface area contributed by atoms with Crippen molar-refractivity contribution in [2.24, 2.45) is 0 Å². The molecule has 2 aromatic heterocycles. The number of hydrogen-bond acceptors (Lipinski definition) is 13. The predicted octanol–water partition coefficient (Wildman–Crippen LogP) is 1.86. The standard InChI is InChI=1S/C24H32FN6O9P/c1-5-36-20-16-19(28-23(26)29-20)31(12-27-16)21-17(32)18(33)24(25,39-21)11-37-41(35,40-15-9-7-6-8-10-15)30-14(4)22(34)38-13(2)3/h6-10,12-14,17-18,21,32-33H,5,11H2,1-4H3,(H,30,35)(H2,26,28,29)/t14-,17-,18+,21-,24-,41?/m1/s1. The van der Waals surface area contributed by atoms with E-state index in [2.05, 4.69) is 20.0 Å². The summed E-state index contributed by atoms with van der Waals surface area (Å²) in [6, 6.07) is 6.62. The van der Waals surface area contributed by atoms with Crippen molar-refractivity contribution in [3.05, 3.63) is 36.7 Å². The second-order valence-electron chi connectivity index (χ2n) is 9.39. The number of alkyl halides is 1. The molecule has 0 radical (unpaired) electrons. The maximum atomic E-state index is 16.0. The van der Waals surface area contributed by atoms with Crippen molar-refractivity contribution in [3.63, 3.8) is 0 Å². The number of fused-ring (bicyclic) bond motifs is 1. The topological polar surface area (TPSA) is 202 Å². The van der Waals surface area contributed by atoms with Gasteiger partial charge in [-0.1, -0.05) is 18.2 Å². The highest BCUT2D eigenvalue weighted by molar-refractivity contribution is 7.52. The summed E-state index contributed by atoms with van der Waals surface area (Å²) >= 11 is 0. The summed E-state index contributed by atoms with van der Waals surface area (Å²) in [5, 5.41) is 23.8. The summed E-state index contributed by atoms with van der Waals surface area (Å²) in [4.78, 5) is 24.5. The van der Waals surface area contributed by atoms with Gasteiger partial charge in [-0.25, -0.2) is 13.9 Å². The van der Waals surface area contributed by atoms with Crippen LogP contribution in [0.3, 0.4) is 0 Å². The Hall–Kier alpha value is -3.40. The van der Waals surface area contributed by atoms with Gasteiger partial charge in [0, 0.05) is 0 Å². The zero-order valence-electron chi connectivity index (χ0n) is 22.7. The zero-order chi connectivity index (χ0) is 29.9. The van der Waals surface area contributed by atoms with Crippen molar-refractivity contribution >= 4 is 30.8 Å². The highest BCUT2D eigenvalue weighted by atomic mass is 31.2. The third-order valence-corrected chi connectivity index (χ3v) is 7.42. The Kier molecular flexibility index (Phi) is 9.11. The number of halogens is 1. The maximum Gasteiger partial charge on any atom is 0.459 e. The monoisotopic (exact) mass is 598 g/mol. The molecular weight excluding hydrogens is 566 g/mol. The van der Waals surface area contributed by atoms with E-state index in [0.29, 0.717) is 0 Å². The van der Waals surface area contributed by atoms with Gasteiger partial charge in [-0.05, 0) is 39.8 Å². The van der Waals surface area contributed by atoms with E-state index in [9.17, 15) is 19.6 Å². The van der Waals surface area contributed by atoms with E-state index in [-0.39, 0.29) is 35.3 Å². The molecule has 3 heterocycles. The Labute approximate surface area is 234 Å². The van der Waals surface area contributed by atoms with E-state index in [1.165, 1.54) is 25.4 Å². The molecule has 1 aliphatic rings. The first-order chi connectivity index (χ1) is 19.4. The van der Waals surface area contributed by atoms with Crippen LogP contribution in [0.4, 0.5) is 10.3 Å². The number of benzene rings is 1. The van der Waals surface area contributed by atoms with E-state index in [1.54, 1.807) is 39.0 Å². The molecule has 0 spiro atoms. The molecule has 0 amide bonds. The number of aliphatic hydroxyl groups is 2. The first-order valence-electron chi connectivity index (χ1n) is 12.7. The highest BCUT2D eigenvalue weighted by Gasteiger charge is 2.57. The van der Waals surface area contributed by atoms with Crippen LogP contribution in [-0.2, 0) is 23.4 Å². The van der Waals surface area contributed by atoms with E-state index < -0.39 is 56.8 Å². The van der Waals surface area contributed by atoms with E-state index in [0.717, 1.165) is 4.57 Å². The number of nitrogens with zero attached hydrogens (tertiary/aromatic N) is 4. The number of para-hydroxylation sites is 1. The van der Waals surface area contributed by atoms with Gasteiger partial charge >= 0.3 is 13.7 Å². The maximum absolute atomic E-state index is 16.0. The van der Waals surface area contributed by atoms with Gasteiger partial charge in [-0.3, -0.25) is 13.9 Å². The fraction of sp³-hybridized carbons (Fsp3) is 0.500. The minimum absolute atomic E-state index is 0.0413. The molecule has 3 aromatic rings. The molecular formula is C24H32FN6O9P. The van der Waals surface area contributed by atoms with Gasteiger partial charge < -0.3 is 34.7 Å². The van der Waals surface area contributed by atoms with Gasteiger partial charge in [-0.15, -0.1) is 0 Å². The Morgan fingerprint density at radius 2 is 1.98 bits per heavy atom. The van der Waals surface area contributed by atoms with Crippen LogP contribution >= 0.6 is 7.75 Å². The molecule has 1 saturated heterocycles. The molecule has 41 heavy (non-hydrogen) atoms. The number of hydrogen-bond donors (Lipinski definition) is 4. The molecule has 15 nitrogen and oxygen atoms in total. The number of rotatable bonds is 12. The lowest BCUT2D eigenvalue weighted by Gasteiger charge is -2.27. The van der Waals surface area contributed by atoms with Crippen molar-refractivity contribution in [1.82, 2.24) is 24.6 Å². The van der Waals surface area contributed by atoms with Crippen LogP contribution in [0.2, 0.25) is 0 Å². The number of aliphatic hydroxyl groups excluding tert-OH is 2. The zero-order valence-corrected chi connectivity index (χ0v) is 23.6. The molecule has 1 unspecified atom stereocenters. The van der Waals surface area contributed by atoms with E-state index in [1.807, 2.05) is 0 Å². The average Bonchev–Trinajstić information content (AvgIpc) is 3.42. The first-order valence-corrected chi connectivity index (χ1v) is 14.2. The molecule has 6 atom stereocenters. The summed E-state index contributed by atoms with van der Waals surface area (Å²) < 4.78 is 57.7. The smallest absolute Gasteiger partial charge is 0.459 e. The third kappa shape index (κ3) is 6.74. The molecule has 1 fully saturated rings. The summed E-state index contributed by atoms with van der Waals surface area (Å²) in [5.74, 6) is -3.89. The van der Waals surface area contributed by atoms with Crippen LogP contribution in [0.25, 0.3) is 11.2 Å². The molecule has 0 bridgehead atoms. The summed E-state index contributed by atoms with van der Waals surface area (Å²) in [6.07, 6.45) is -4.86. The van der Waals surface area contributed by atoms with Crippen LogP contribution < -0.4 is 20.1 Å². The van der Waals surface area contributed by atoms with Crippen molar-refractivity contribution in [3.8, 4) is 11.6 Å². The number of nitrogen functional groups attached to an aromatic ring is 1. The van der Waals surface area contributed by atoms with Crippen molar-refractivity contribution in [2.45, 2.75) is 64.1 Å². The number of esters is 1. The largest absolute Gasteiger partial charge is 0.476 e. The second-order valence-corrected chi connectivity index (χ2v) is 11.1. The minimum atomic E-state index is -4.51. The second kappa shape index (κ2) is 12.2. The third-order valence-electron chi connectivity index (χ3n) is 5.79. The SMILES string of the molecule is CCOc1nc(N)nc2c1ncn2[C@@H]1O[C@](F)(COP(=O)(N[C@H](C)C(=O)OC(C)C)Oc2ccccc2)[C@@H](O)[C@H]1O. The van der Waals surface area contributed by atoms with Crippen LogP contribution in [0.1, 0.15) is 33.9 Å². The Bertz CT molecular complexity index is 1410. The highest BCUT2D eigenvalue weighted by Crippen LogP contribution is 2.48. The van der Waals surface area contributed by atoms with Gasteiger partial charge in [0.2, 0.25) is 11.8 Å². The molecule has 4 rings (SSSR count). The average molecular weight is 599 g/mol. The number of ether oxygens (including phenoxy) is 3. The molecule has 0 aliphatic carbocycles. The van der Waals surface area contributed by atoms with Crippen molar-refractivity contribution < 1.29 is 47.2 Å². The van der Waals surface area contributed by atoms with Crippen LogP contribution in [-0.4, -0.2) is 79.1 Å². The number of anilines is 1. The summed E-state index contributed by atoms with van der Waals surface area (Å²) in [5.41, 5.74) is 5.97. The van der Waals surface area contributed by atoms with E-state index >= 15 is 4.39 Å². The number of nitrogens with two attached hydrogens (primary N) is 1. The number of carbonyl (C=O) groups excluding carboxylic acids is 1. The molecule has 1 aromatic carbocycles. The lowest BCUT2D eigenvalue weighted by molar-refractivity contribution is -0.202. The van der Waals surface area contributed by atoms with Gasteiger partial charge in [-0.2, -0.15) is 15.1 Å². The van der Waals surface area contributed by atoms with Gasteiger partial charge in [0.25, 0.3) is 5.85 Å².